The number of aliphatic hydroxyl groups excluding tert-OH is 1. The van der Waals surface area contributed by atoms with Crippen LogP contribution in [0.2, 0.25) is 0 Å². The summed E-state index contributed by atoms with van der Waals surface area (Å²) in [6.45, 7) is 5.35. The quantitative estimate of drug-likeness (QED) is 0.637. The molecule has 0 bridgehead atoms. The van der Waals surface area contributed by atoms with Crippen LogP contribution in [-0.2, 0) is 6.67 Å². The molecule has 7 heteroatoms. The zero-order chi connectivity index (χ0) is 13.3. The number of hydrogen-bond acceptors (Lipinski definition) is 5. The number of likely N-dealkylation sites (tertiary alicyclic amines) is 1. The molecule has 1 fully saturated rings. The van der Waals surface area contributed by atoms with Gasteiger partial charge in [-0.3, -0.25) is 15.0 Å². The summed E-state index contributed by atoms with van der Waals surface area (Å²) in [6.07, 6.45) is 1.47. The fraction of sp³-hybridized carbons (Fsp3) is 0.727. The number of rotatable bonds is 3. The third kappa shape index (κ3) is 2.51. The molecule has 2 rings (SSSR count). The summed E-state index contributed by atoms with van der Waals surface area (Å²) in [5.74, 6) is 0. The molecule has 1 saturated heterocycles. The molecule has 0 aliphatic carbocycles. The van der Waals surface area contributed by atoms with E-state index in [0.717, 1.165) is 19.4 Å². The first-order chi connectivity index (χ1) is 8.49. The van der Waals surface area contributed by atoms with Gasteiger partial charge in [-0.2, -0.15) is 5.10 Å². The van der Waals surface area contributed by atoms with Crippen molar-refractivity contribution in [1.82, 2.24) is 14.7 Å². The second-order valence-electron chi connectivity index (χ2n) is 4.79. The zero-order valence-corrected chi connectivity index (χ0v) is 10.7. The van der Waals surface area contributed by atoms with Crippen molar-refractivity contribution >= 4 is 5.69 Å². The van der Waals surface area contributed by atoms with Crippen LogP contribution >= 0.6 is 0 Å². The number of piperidine rings is 1. The zero-order valence-electron chi connectivity index (χ0n) is 10.7. The predicted octanol–water partition coefficient (Wildman–Crippen LogP) is 0.822. The van der Waals surface area contributed by atoms with Crippen LogP contribution in [0.3, 0.4) is 0 Å². The van der Waals surface area contributed by atoms with E-state index >= 15 is 0 Å². The maximum Gasteiger partial charge on any atom is 0.312 e. The highest BCUT2D eigenvalue weighted by atomic mass is 16.6. The molecule has 100 valence electrons. The van der Waals surface area contributed by atoms with Crippen LogP contribution in [0.15, 0.2) is 0 Å². The summed E-state index contributed by atoms with van der Waals surface area (Å²) in [7, 11) is 0. The van der Waals surface area contributed by atoms with Crippen molar-refractivity contribution in [3.05, 3.63) is 21.5 Å². The van der Waals surface area contributed by atoms with Crippen LogP contribution in [0, 0.1) is 24.0 Å². The summed E-state index contributed by atoms with van der Waals surface area (Å²) >= 11 is 0. The summed E-state index contributed by atoms with van der Waals surface area (Å²) in [6, 6.07) is 0. The number of aromatic nitrogens is 2. The van der Waals surface area contributed by atoms with Crippen molar-refractivity contribution in [2.75, 3.05) is 13.1 Å². The van der Waals surface area contributed by atoms with Crippen LogP contribution in [0.1, 0.15) is 24.2 Å². The Morgan fingerprint density at radius 2 is 2.28 bits per heavy atom. The minimum absolute atomic E-state index is 0.0903. The topological polar surface area (TPSA) is 84.4 Å². The van der Waals surface area contributed by atoms with E-state index in [1.54, 1.807) is 18.5 Å². The molecule has 1 aliphatic rings. The van der Waals surface area contributed by atoms with Gasteiger partial charge in [-0.15, -0.1) is 0 Å². The Kier molecular flexibility index (Phi) is 3.63. The van der Waals surface area contributed by atoms with Gasteiger partial charge in [-0.05, 0) is 26.7 Å². The number of β-amino-alcohol motifs (C(OH)–C–C–N with tert-alkyl or cyclic N) is 1. The molecule has 0 amide bonds. The highest BCUT2D eigenvalue weighted by Gasteiger charge is 2.24. The lowest BCUT2D eigenvalue weighted by Crippen LogP contribution is -2.39. The van der Waals surface area contributed by atoms with Crippen LogP contribution in [0.4, 0.5) is 5.69 Å². The lowest BCUT2D eigenvalue weighted by atomic mass is 10.1. The molecule has 7 nitrogen and oxygen atoms in total. The van der Waals surface area contributed by atoms with Gasteiger partial charge in [0.05, 0.1) is 17.7 Å². The third-order valence-electron chi connectivity index (χ3n) is 3.34. The Labute approximate surface area is 105 Å². The normalized spacial score (nSPS) is 21.2. The van der Waals surface area contributed by atoms with E-state index < -0.39 is 0 Å². The first-order valence-corrected chi connectivity index (χ1v) is 6.08. The van der Waals surface area contributed by atoms with Crippen molar-refractivity contribution in [2.24, 2.45) is 0 Å². The van der Waals surface area contributed by atoms with Gasteiger partial charge < -0.3 is 5.11 Å². The van der Waals surface area contributed by atoms with Gasteiger partial charge in [-0.1, -0.05) is 0 Å². The smallest absolute Gasteiger partial charge is 0.312 e. The standard InChI is InChI=1S/C11H18N4O3/c1-8-11(15(17)18)9(2)14(12-8)7-13-5-3-4-10(16)6-13/h10,16H,3-7H2,1-2H3/t10-/m1/s1. The van der Waals surface area contributed by atoms with Gasteiger partial charge in [-0.25, -0.2) is 4.68 Å². The van der Waals surface area contributed by atoms with Gasteiger partial charge in [0.15, 0.2) is 0 Å². The average Bonchev–Trinajstić information content (AvgIpc) is 2.54. The molecule has 1 N–H and O–H groups in total. The minimum Gasteiger partial charge on any atom is -0.392 e. The molecule has 0 spiro atoms. The largest absolute Gasteiger partial charge is 0.392 e. The van der Waals surface area contributed by atoms with Crippen molar-refractivity contribution < 1.29 is 10.0 Å². The SMILES string of the molecule is Cc1nn(CN2CCC[C@@H](O)C2)c(C)c1[N+](=O)[O-]. The fourth-order valence-electron chi connectivity index (χ4n) is 2.44. The van der Waals surface area contributed by atoms with Crippen molar-refractivity contribution in [2.45, 2.75) is 39.5 Å². The van der Waals surface area contributed by atoms with Crippen LogP contribution in [-0.4, -0.2) is 43.9 Å². The molecule has 1 aromatic heterocycles. The lowest BCUT2D eigenvalue weighted by Gasteiger charge is -2.29. The van der Waals surface area contributed by atoms with E-state index in [4.69, 9.17) is 0 Å². The highest BCUT2D eigenvalue weighted by molar-refractivity contribution is 5.39. The summed E-state index contributed by atoms with van der Waals surface area (Å²) < 4.78 is 1.64. The number of aliphatic hydroxyl groups is 1. The van der Waals surface area contributed by atoms with E-state index in [1.165, 1.54) is 0 Å². The van der Waals surface area contributed by atoms with Gasteiger partial charge in [0.25, 0.3) is 0 Å². The first-order valence-electron chi connectivity index (χ1n) is 6.08. The van der Waals surface area contributed by atoms with Crippen molar-refractivity contribution in [3.63, 3.8) is 0 Å². The maximum absolute atomic E-state index is 10.9. The number of nitro groups is 1. The highest BCUT2D eigenvalue weighted by Crippen LogP contribution is 2.22. The first kappa shape index (κ1) is 13.0. The van der Waals surface area contributed by atoms with Crippen LogP contribution < -0.4 is 0 Å². The van der Waals surface area contributed by atoms with Crippen molar-refractivity contribution in [3.8, 4) is 0 Å². The molecule has 1 atom stereocenters. The van der Waals surface area contributed by atoms with Gasteiger partial charge in [0, 0.05) is 13.1 Å². The average molecular weight is 254 g/mol. The molecule has 0 saturated carbocycles. The molecule has 2 heterocycles. The van der Waals surface area contributed by atoms with Crippen LogP contribution in [0.25, 0.3) is 0 Å². The fourth-order valence-corrected chi connectivity index (χ4v) is 2.44. The molecule has 1 aromatic rings. The second kappa shape index (κ2) is 5.03. The van der Waals surface area contributed by atoms with Crippen molar-refractivity contribution in [1.29, 1.82) is 0 Å². The Hall–Kier alpha value is -1.47. The number of nitrogens with zero attached hydrogens (tertiary/aromatic N) is 4. The molecule has 1 aliphatic heterocycles. The number of aryl methyl sites for hydroxylation is 1. The van der Waals surface area contributed by atoms with Gasteiger partial charge in [0.2, 0.25) is 0 Å². The van der Waals surface area contributed by atoms with E-state index in [2.05, 4.69) is 10.00 Å². The summed E-state index contributed by atoms with van der Waals surface area (Å²) in [5.41, 5.74) is 1.10. The molecule has 0 unspecified atom stereocenters. The number of hydrogen-bond donors (Lipinski definition) is 1. The molecule has 0 aromatic carbocycles. The molecular formula is C11H18N4O3. The Morgan fingerprint density at radius 3 is 2.83 bits per heavy atom. The van der Waals surface area contributed by atoms with E-state index in [9.17, 15) is 15.2 Å². The van der Waals surface area contributed by atoms with Gasteiger partial charge >= 0.3 is 5.69 Å². The maximum atomic E-state index is 10.9. The Bertz CT molecular complexity index is 457. The molecule has 18 heavy (non-hydrogen) atoms. The molecule has 0 radical (unpaired) electrons. The van der Waals surface area contributed by atoms with Crippen LogP contribution in [0.5, 0.6) is 0 Å². The summed E-state index contributed by atoms with van der Waals surface area (Å²) in [4.78, 5) is 12.6. The second-order valence-corrected chi connectivity index (χ2v) is 4.79. The Balaban J connectivity index is 2.14. The van der Waals surface area contributed by atoms with E-state index in [-0.39, 0.29) is 16.7 Å². The Morgan fingerprint density at radius 1 is 1.56 bits per heavy atom. The monoisotopic (exact) mass is 254 g/mol. The van der Waals surface area contributed by atoms with E-state index in [1.807, 2.05) is 0 Å². The summed E-state index contributed by atoms with van der Waals surface area (Å²) in [5, 5.41) is 24.7. The third-order valence-corrected chi connectivity index (χ3v) is 3.34. The predicted molar refractivity (Wildman–Crippen MR) is 65.2 cm³/mol. The molecular weight excluding hydrogens is 236 g/mol. The van der Waals surface area contributed by atoms with Gasteiger partial charge in [0.1, 0.15) is 11.4 Å². The van der Waals surface area contributed by atoms with E-state index in [0.29, 0.717) is 24.6 Å². The minimum atomic E-state index is -0.390. The lowest BCUT2D eigenvalue weighted by molar-refractivity contribution is -0.386.